The van der Waals surface area contributed by atoms with Crippen molar-refractivity contribution in [2.75, 3.05) is 13.1 Å². The first kappa shape index (κ1) is 14.8. The molecule has 110 valence electrons. The van der Waals surface area contributed by atoms with Gasteiger partial charge in [0, 0.05) is 13.1 Å². The SMILES string of the molecule is Cc1cccc(CNC(=O)C2(C(F)(F)F)CCNC2)c1. The van der Waals surface area contributed by atoms with E-state index in [4.69, 9.17) is 0 Å². The van der Waals surface area contributed by atoms with E-state index in [1.54, 1.807) is 6.07 Å². The third-order valence-electron chi connectivity index (χ3n) is 3.67. The van der Waals surface area contributed by atoms with Gasteiger partial charge in [-0.15, -0.1) is 0 Å². The van der Waals surface area contributed by atoms with Crippen molar-refractivity contribution >= 4 is 5.91 Å². The van der Waals surface area contributed by atoms with Crippen molar-refractivity contribution in [2.45, 2.75) is 26.1 Å². The lowest BCUT2D eigenvalue weighted by atomic mass is 9.85. The molecule has 1 aliphatic rings. The van der Waals surface area contributed by atoms with Gasteiger partial charge in [-0.3, -0.25) is 4.79 Å². The summed E-state index contributed by atoms with van der Waals surface area (Å²) in [4.78, 5) is 12.0. The predicted molar refractivity (Wildman–Crippen MR) is 69.0 cm³/mol. The number of hydrogen-bond acceptors (Lipinski definition) is 2. The Balaban J connectivity index is 2.07. The van der Waals surface area contributed by atoms with E-state index in [9.17, 15) is 18.0 Å². The molecule has 1 atom stereocenters. The number of rotatable bonds is 3. The van der Waals surface area contributed by atoms with Crippen LogP contribution in [0.15, 0.2) is 24.3 Å². The summed E-state index contributed by atoms with van der Waals surface area (Å²) in [6.07, 6.45) is -4.75. The second kappa shape index (κ2) is 5.44. The van der Waals surface area contributed by atoms with E-state index in [0.717, 1.165) is 11.1 Å². The van der Waals surface area contributed by atoms with Crippen LogP contribution in [-0.2, 0) is 11.3 Å². The van der Waals surface area contributed by atoms with Gasteiger partial charge in [0.2, 0.25) is 5.91 Å². The zero-order chi connectivity index (χ0) is 14.8. The number of alkyl halides is 3. The quantitative estimate of drug-likeness (QED) is 0.894. The van der Waals surface area contributed by atoms with Crippen LogP contribution in [0.1, 0.15) is 17.5 Å². The van der Waals surface area contributed by atoms with Crippen LogP contribution < -0.4 is 10.6 Å². The number of hydrogen-bond donors (Lipinski definition) is 2. The van der Waals surface area contributed by atoms with Gasteiger partial charge in [0.1, 0.15) is 0 Å². The molecule has 0 radical (unpaired) electrons. The van der Waals surface area contributed by atoms with Crippen molar-refractivity contribution in [1.29, 1.82) is 0 Å². The average Bonchev–Trinajstić information content (AvgIpc) is 2.86. The molecule has 2 N–H and O–H groups in total. The molecule has 0 spiro atoms. The molecule has 1 amide bonds. The summed E-state index contributed by atoms with van der Waals surface area (Å²) in [5, 5.41) is 5.04. The summed E-state index contributed by atoms with van der Waals surface area (Å²) >= 11 is 0. The molecule has 1 heterocycles. The molecule has 3 nitrogen and oxygen atoms in total. The monoisotopic (exact) mass is 286 g/mol. The number of carbonyl (C=O) groups excluding carboxylic acids is 1. The van der Waals surface area contributed by atoms with Gasteiger partial charge in [-0.1, -0.05) is 29.8 Å². The molecule has 0 bridgehead atoms. The van der Waals surface area contributed by atoms with E-state index in [1.807, 2.05) is 25.1 Å². The van der Waals surface area contributed by atoms with E-state index in [0.29, 0.717) is 0 Å². The Morgan fingerprint density at radius 1 is 1.45 bits per heavy atom. The van der Waals surface area contributed by atoms with Crippen LogP contribution in [0.4, 0.5) is 13.2 Å². The first-order valence-corrected chi connectivity index (χ1v) is 6.46. The molecule has 20 heavy (non-hydrogen) atoms. The fourth-order valence-electron chi connectivity index (χ4n) is 2.43. The topological polar surface area (TPSA) is 41.1 Å². The van der Waals surface area contributed by atoms with Crippen molar-refractivity contribution < 1.29 is 18.0 Å². The van der Waals surface area contributed by atoms with Gasteiger partial charge in [-0.25, -0.2) is 0 Å². The Hall–Kier alpha value is -1.56. The standard InChI is InChI=1S/C14H17F3N2O/c1-10-3-2-4-11(7-10)8-19-12(20)13(14(15,16)17)5-6-18-9-13/h2-4,7,18H,5-6,8-9H2,1H3,(H,19,20). The Bertz CT molecular complexity index is 493. The van der Waals surface area contributed by atoms with Crippen LogP contribution >= 0.6 is 0 Å². The van der Waals surface area contributed by atoms with Crippen molar-refractivity contribution in [3.8, 4) is 0 Å². The third kappa shape index (κ3) is 2.80. The van der Waals surface area contributed by atoms with E-state index in [1.165, 1.54) is 0 Å². The van der Waals surface area contributed by atoms with Crippen LogP contribution in [0.25, 0.3) is 0 Å². The number of nitrogens with one attached hydrogen (secondary N) is 2. The minimum atomic E-state index is -4.53. The smallest absolute Gasteiger partial charge is 0.351 e. The lowest BCUT2D eigenvalue weighted by Gasteiger charge is -2.29. The van der Waals surface area contributed by atoms with Crippen LogP contribution in [0.3, 0.4) is 0 Å². The molecule has 1 aromatic rings. The van der Waals surface area contributed by atoms with Gasteiger partial charge in [0.25, 0.3) is 0 Å². The zero-order valence-electron chi connectivity index (χ0n) is 11.2. The Labute approximate surface area is 115 Å². The predicted octanol–water partition coefficient (Wildman–Crippen LogP) is 2.15. The zero-order valence-corrected chi connectivity index (χ0v) is 11.2. The maximum Gasteiger partial charge on any atom is 0.404 e. The number of halogens is 3. The number of carbonyl (C=O) groups is 1. The molecule has 1 aromatic carbocycles. The molecule has 0 aliphatic carbocycles. The van der Waals surface area contributed by atoms with Crippen LogP contribution in [0, 0.1) is 12.3 Å². The van der Waals surface area contributed by atoms with Crippen molar-refractivity contribution in [1.82, 2.24) is 10.6 Å². The first-order valence-electron chi connectivity index (χ1n) is 6.46. The third-order valence-corrected chi connectivity index (χ3v) is 3.67. The summed E-state index contributed by atoms with van der Waals surface area (Å²) in [6, 6.07) is 7.32. The largest absolute Gasteiger partial charge is 0.404 e. The Kier molecular flexibility index (Phi) is 4.04. The van der Waals surface area contributed by atoms with Crippen LogP contribution in [0.2, 0.25) is 0 Å². The minimum absolute atomic E-state index is 0.109. The molecule has 6 heteroatoms. The first-order chi connectivity index (χ1) is 9.35. The van der Waals surface area contributed by atoms with Crippen molar-refractivity contribution in [3.05, 3.63) is 35.4 Å². The molecular weight excluding hydrogens is 269 g/mol. The number of amides is 1. The normalized spacial score (nSPS) is 22.8. The van der Waals surface area contributed by atoms with Gasteiger partial charge < -0.3 is 10.6 Å². The van der Waals surface area contributed by atoms with E-state index < -0.39 is 17.5 Å². The number of benzene rings is 1. The highest BCUT2D eigenvalue weighted by Crippen LogP contribution is 2.43. The van der Waals surface area contributed by atoms with E-state index >= 15 is 0 Å². The van der Waals surface area contributed by atoms with Crippen molar-refractivity contribution in [3.63, 3.8) is 0 Å². The summed E-state index contributed by atoms with van der Waals surface area (Å²) in [5.74, 6) is -0.948. The highest BCUT2D eigenvalue weighted by molar-refractivity contribution is 5.84. The fourth-order valence-corrected chi connectivity index (χ4v) is 2.43. The molecule has 1 saturated heterocycles. The van der Waals surface area contributed by atoms with Gasteiger partial charge in [0.05, 0.1) is 0 Å². The second-order valence-corrected chi connectivity index (χ2v) is 5.18. The lowest BCUT2D eigenvalue weighted by molar-refractivity contribution is -0.216. The molecule has 1 unspecified atom stereocenters. The maximum absolute atomic E-state index is 13.2. The molecule has 1 aliphatic heterocycles. The number of aryl methyl sites for hydroxylation is 1. The van der Waals surface area contributed by atoms with Gasteiger partial charge >= 0.3 is 6.18 Å². The summed E-state index contributed by atoms with van der Waals surface area (Å²) in [5.41, 5.74) is -0.497. The molecule has 1 fully saturated rings. The van der Waals surface area contributed by atoms with E-state index in [-0.39, 0.29) is 26.1 Å². The summed E-state index contributed by atoms with van der Waals surface area (Å²) < 4.78 is 39.5. The minimum Gasteiger partial charge on any atom is -0.351 e. The fraction of sp³-hybridized carbons (Fsp3) is 0.500. The summed E-state index contributed by atoms with van der Waals surface area (Å²) in [7, 11) is 0. The highest BCUT2D eigenvalue weighted by atomic mass is 19.4. The summed E-state index contributed by atoms with van der Waals surface area (Å²) in [6.45, 7) is 1.86. The Morgan fingerprint density at radius 2 is 2.20 bits per heavy atom. The lowest BCUT2D eigenvalue weighted by Crippen LogP contribution is -2.52. The maximum atomic E-state index is 13.2. The highest BCUT2D eigenvalue weighted by Gasteiger charge is 2.61. The van der Waals surface area contributed by atoms with E-state index in [2.05, 4.69) is 10.6 Å². The Morgan fingerprint density at radius 3 is 2.75 bits per heavy atom. The van der Waals surface area contributed by atoms with Crippen LogP contribution in [0.5, 0.6) is 0 Å². The molecule has 0 saturated carbocycles. The van der Waals surface area contributed by atoms with Gasteiger partial charge in [-0.05, 0) is 25.5 Å². The molecule has 2 rings (SSSR count). The average molecular weight is 286 g/mol. The molecular formula is C14H17F3N2O. The molecule has 0 aromatic heterocycles. The van der Waals surface area contributed by atoms with Crippen LogP contribution in [-0.4, -0.2) is 25.2 Å². The second-order valence-electron chi connectivity index (χ2n) is 5.18. The van der Waals surface area contributed by atoms with Gasteiger partial charge in [-0.2, -0.15) is 13.2 Å². The van der Waals surface area contributed by atoms with Gasteiger partial charge in [0.15, 0.2) is 5.41 Å². The van der Waals surface area contributed by atoms with Crippen molar-refractivity contribution in [2.24, 2.45) is 5.41 Å².